The van der Waals surface area contributed by atoms with E-state index in [0.29, 0.717) is 23.9 Å². The van der Waals surface area contributed by atoms with Crippen molar-refractivity contribution in [3.05, 3.63) is 0 Å². The summed E-state index contributed by atoms with van der Waals surface area (Å²) < 4.78 is 0. The minimum atomic E-state index is 0.164. The summed E-state index contributed by atoms with van der Waals surface area (Å²) in [5, 5.41) is 3.40. The second-order valence-electron chi connectivity index (χ2n) is 6.16. The Kier molecular flexibility index (Phi) is 4.36. The van der Waals surface area contributed by atoms with Gasteiger partial charge >= 0.3 is 0 Å². The quantitative estimate of drug-likeness (QED) is 0.797. The molecule has 0 radical (unpaired) electrons. The monoisotopic (exact) mass is 226 g/mol. The zero-order valence-electron chi connectivity index (χ0n) is 11.3. The second-order valence-corrected chi connectivity index (χ2v) is 6.16. The second kappa shape index (κ2) is 5.17. The number of rotatable bonds is 3. The fourth-order valence-electron chi connectivity index (χ4n) is 2.63. The lowest BCUT2D eigenvalue weighted by Gasteiger charge is -2.39. The first-order valence-electron chi connectivity index (χ1n) is 6.25. The van der Waals surface area contributed by atoms with Gasteiger partial charge in [0, 0.05) is 20.1 Å². The maximum absolute atomic E-state index is 11.5. The highest BCUT2D eigenvalue weighted by Crippen LogP contribution is 2.38. The first-order valence-corrected chi connectivity index (χ1v) is 6.25. The number of hydrogen-bond acceptors (Lipinski definition) is 2. The third kappa shape index (κ3) is 3.78. The van der Waals surface area contributed by atoms with E-state index < -0.39 is 0 Å². The molecule has 0 heterocycles. The number of nitrogens with one attached hydrogen (secondary N) is 1. The Labute approximate surface area is 99.6 Å². The van der Waals surface area contributed by atoms with Gasteiger partial charge in [-0.05, 0) is 30.6 Å². The molecule has 1 saturated carbocycles. The molecule has 2 unspecified atom stereocenters. The van der Waals surface area contributed by atoms with Crippen LogP contribution in [0.1, 0.15) is 40.0 Å². The SMILES string of the molecule is CC1CC(C)(C)CCC1NCC(=O)N(C)C. The average Bonchev–Trinajstić information content (AvgIpc) is 2.14. The molecule has 0 aliphatic heterocycles. The Bertz CT molecular complexity index is 248. The van der Waals surface area contributed by atoms with Crippen LogP contribution in [0.5, 0.6) is 0 Å². The van der Waals surface area contributed by atoms with Gasteiger partial charge in [-0.15, -0.1) is 0 Å². The van der Waals surface area contributed by atoms with Crippen LogP contribution in [0.25, 0.3) is 0 Å². The van der Waals surface area contributed by atoms with Gasteiger partial charge < -0.3 is 10.2 Å². The summed E-state index contributed by atoms with van der Waals surface area (Å²) in [6.45, 7) is 7.44. The van der Waals surface area contributed by atoms with Crippen LogP contribution >= 0.6 is 0 Å². The van der Waals surface area contributed by atoms with E-state index in [4.69, 9.17) is 0 Å². The first-order chi connectivity index (χ1) is 7.32. The van der Waals surface area contributed by atoms with Gasteiger partial charge in [-0.25, -0.2) is 0 Å². The van der Waals surface area contributed by atoms with Crippen LogP contribution in [0, 0.1) is 11.3 Å². The van der Waals surface area contributed by atoms with Crippen molar-refractivity contribution in [1.29, 1.82) is 0 Å². The van der Waals surface area contributed by atoms with Crippen LogP contribution in [0.3, 0.4) is 0 Å². The molecule has 16 heavy (non-hydrogen) atoms. The van der Waals surface area contributed by atoms with E-state index in [1.54, 1.807) is 19.0 Å². The van der Waals surface area contributed by atoms with Crippen molar-refractivity contribution in [2.75, 3.05) is 20.6 Å². The van der Waals surface area contributed by atoms with Gasteiger partial charge in [0.2, 0.25) is 5.91 Å². The zero-order chi connectivity index (χ0) is 12.3. The maximum Gasteiger partial charge on any atom is 0.236 e. The molecule has 1 aliphatic carbocycles. The van der Waals surface area contributed by atoms with Gasteiger partial charge in [0.05, 0.1) is 6.54 Å². The van der Waals surface area contributed by atoms with Crippen molar-refractivity contribution >= 4 is 5.91 Å². The van der Waals surface area contributed by atoms with Gasteiger partial charge in [-0.1, -0.05) is 20.8 Å². The van der Waals surface area contributed by atoms with Gasteiger partial charge in [0.25, 0.3) is 0 Å². The average molecular weight is 226 g/mol. The lowest BCUT2D eigenvalue weighted by molar-refractivity contribution is -0.128. The van der Waals surface area contributed by atoms with Crippen LogP contribution in [-0.4, -0.2) is 37.5 Å². The molecule has 0 bridgehead atoms. The molecular weight excluding hydrogens is 200 g/mol. The van der Waals surface area contributed by atoms with Gasteiger partial charge in [0.15, 0.2) is 0 Å². The third-order valence-electron chi connectivity index (χ3n) is 3.71. The van der Waals surface area contributed by atoms with Crippen molar-refractivity contribution in [2.24, 2.45) is 11.3 Å². The summed E-state index contributed by atoms with van der Waals surface area (Å²) in [7, 11) is 3.61. The normalized spacial score (nSPS) is 28.8. The molecule has 0 saturated heterocycles. The summed E-state index contributed by atoms with van der Waals surface area (Å²) in [5.74, 6) is 0.829. The predicted molar refractivity (Wildman–Crippen MR) is 67.3 cm³/mol. The van der Waals surface area contributed by atoms with E-state index in [1.165, 1.54) is 19.3 Å². The topological polar surface area (TPSA) is 32.3 Å². The highest BCUT2D eigenvalue weighted by Gasteiger charge is 2.32. The van der Waals surface area contributed by atoms with E-state index in [9.17, 15) is 4.79 Å². The van der Waals surface area contributed by atoms with Crippen LogP contribution < -0.4 is 5.32 Å². The Hall–Kier alpha value is -0.570. The molecule has 3 nitrogen and oxygen atoms in total. The Morgan fingerprint density at radius 2 is 2.06 bits per heavy atom. The lowest BCUT2D eigenvalue weighted by atomic mass is 9.70. The van der Waals surface area contributed by atoms with Gasteiger partial charge in [-0.3, -0.25) is 4.79 Å². The standard InChI is InChI=1S/C13H26N2O/c1-10-8-13(2,3)7-6-11(10)14-9-12(16)15(4)5/h10-11,14H,6-9H2,1-5H3. The summed E-state index contributed by atoms with van der Waals surface area (Å²) in [4.78, 5) is 13.1. The molecule has 0 aromatic carbocycles. The minimum Gasteiger partial charge on any atom is -0.348 e. The Morgan fingerprint density at radius 3 is 2.56 bits per heavy atom. The fourth-order valence-corrected chi connectivity index (χ4v) is 2.63. The third-order valence-corrected chi connectivity index (χ3v) is 3.71. The molecule has 1 fully saturated rings. The van der Waals surface area contributed by atoms with Crippen molar-refractivity contribution in [2.45, 2.75) is 46.1 Å². The molecule has 94 valence electrons. The highest BCUT2D eigenvalue weighted by molar-refractivity contribution is 5.77. The minimum absolute atomic E-state index is 0.164. The van der Waals surface area contributed by atoms with Crippen molar-refractivity contribution in [1.82, 2.24) is 10.2 Å². The summed E-state index contributed by atoms with van der Waals surface area (Å²) in [6.07, 6.45) is 3.70. The number of hydrogen-bond donors (Lipinski definition) is 1. The molecule has 1 rings (SSSR count). The molecule has 0 spiro atoms. The highest BCUT2D eigenvalue weighted by atomic mass is 16.2. The largest absolute Gasteiger partial charge is 0.348 e. The molecule has 2 atom stereocenters. The predicted octanol–water partition coefficient (Wildman–Crippen LogP) is 1.88. The molecule has 3 heteroatoms. The number of carbonyl (C=O) groups is 1. The smallest absolute Gasteiger partial charge is 0.236 e. The van der Waals surface area contributed by atoms with Crippen LogP contribution in [0.4, 0.5) is 0 Å². The van der Waals surface area contributed by atoms with E-state index in [0.717, 1.165) is 0 Å². The van der Waals surface area contributed by atoms with E-state index >= 15 is 0 Å². The number of likely N-dealkylation sites (N-methyl/N-ethyl adjacent to an activating group) is 1. The van der Waals surface area contributed by atoms with E-state index in [-0.39, 0.29) is 5.91 Å². The molecule has 0 aromatic heterocycles. The zero-order valence-corrected chi connectivity index (χ0v) is 11.3. The molecular formula is C13H26N2O. The van der Waals surface area contributed by atoms with E-state index in [2.05, 4.69) is 26.1 Å². The number of nitrogens with zero attached hydrogens (tertiary/aromatic N) is 1. The molecule has 1 N–H and O–H groups in total. The molecule has 0 aromatic rings. The summed E-state index contributed by atoms with van der Waals surface area (Å²) >= 11 is 0. The molecule has 1 amide bonds. The first kappa shape index (κ1) is 13.5. The van der Waals surface area contributed by atoms with Crippen molar-refractivity contribution < 1.29 is 4.79 Å². The fraction of sp³-hybridized carbons (Fsp3) is 0.923. The molecule has 1 aliphatic rings. The van der Waals surface area contributed by atoms with Gasteiger partial charge in [-0.2, -0.15) is 0 Å². The number of amides is 1. The summed E-state index contributed by atoms with van der Waals surface area (Å²) in [5.41, 5.74) is 0.475. The van der Waals surface area contributed by atoms with Crippen molar-refractivity contribution in [3.8, 4) is 0 Å². The van der Waals surface area contributed by atoms with Gasteiger partial charge in [0.1, 0.15) is 0 Å². The van der Waals surface area contributed by atoms with Crippen molar-refractivity contribution in [3.63, 3.8) is 0 Å². The van der Waals surface area contributed by atoms with Crippen LogP contribution in [0.15, 0.2) is 0 Å². The maximum atomic E-state index is 11.5. The van der Waals surface area contributed by atoms with E-state index in [1.807, 2.05) is 0 Å². The Balaban J connectivity index is 2.37. The number of carbonyl (C=O) groups excluding carboxylic acids is 1. The summed E-state index contributed by atoms with van der Waals surface area (Å²) in [6, 6.07) is 0.511. The Morgan fingerprint density at radius 1 is 1.44 bits per heavy atom. The van der Waals surface area contributed by atoms with Crippen LogP contribution in [-0.2, 0) is 4.79 Å². The van der Waals surface area contributed by atoms with Crippen LogP contribution in [0.2, 0.25) is 0 Å². The lowest BCUT2D eigenvalue weighted by Crippen LogP contribution is -2.45.